The van der Waals surface area contributed by atoms with E-state index in [1.54, 1.807) is 13.8 Å². The Morgan fingerprint density at radius 2 is 1.73 bits per heavy atom. The van der Waals surface area contributed by atoms with Crippen LogP contribution in [0.1, 0.15) is 107 Å². The smallest absolute Gasteiger partial charge is 0.303 e. The maximum Gasteiger partial charge on any atom is 0.303 e. The van der Waals surface area contributed by atoms with Crippen molar-refractivity contribution in [1.29, 1.82) is 0 Å². The number of likely N-dealkylation sites (N-methyl/N-ethyl adjacent to an activating group) is 1. The van der Waals surface area contributed by atoms with E-state index in [2.05, 4.69) is 46.6 Å². The highest BCUT2D eigenvalue weighted by Gasteiger charge is 2.84. The lowest BCUT2D eigenvalue weighted by molar-refractivity contribution is -0.247. The number of hydrogen-bond acceptors (Lipinski definition) is 8. The molecule has 2 N–H and O–H groups in total. The van der Waals surface area contributed by atoms with Gasteiger partial charge in [0.1, 0.15) is 0 Å². The number of morpholine rings is 1. The molecule has 8 heteroatoms. The minimum Gasteiger partial charge on any atom is -0.457 e. The van der Waals surface area contributed by atoms with E-state index in [4.69, 9.17) is 18.9 Å². The third kappa shape index (κ3) is 4.40. The summed E-state index contributed by atoms with van der Waals surface area (Å²) in [5.74, 6) is 1.16. The van der Waals surface area contributed by atoms with Gasteiger partial charge in [-0.15, -0.1) is 0 Å². The first-order valence-corrected chi connectivity index (χ1v) is 18.1. The monoisotopic (exact) mass is 631 g/mol. The maximum absolute atomic E-state index is 12.5. The highest BCUT2D eigenvalue weighted by molar-refractivity contribution is 5.66. The second kappa shape index (κ2) is 10.4. The van der Waals surface area contributed by atoms with Crippen LogP contribution < -0.4 is 0 Å². The Morgan fingerprint density at radius 1 is 1.04 bits per heavy atom. The Balaban J connectivity index is 1.15. The SMILES string of the molecule is CC(=O)OC([C@H]1C[C@@H](C)[C@H]2[C@H](O1)[C@H](O)[C@@]1(C)[C@@H]3CC[C@H]4C(C)(C)[C@@H](OC5CN(C)CCO5)CC[C@@]45CC35CC[C@]21C)C(C)(C)O. The van der Waals surface area contributed by atoms with E-state index in [0.29, 0.717) is 23.7 Å². The number of esters is 1. The van der Waals surface area contributed by atoms with Gasteiger partial charge < -0.3 is 29.2 Å². The van der Waals surface area contributed by atoms with E-state index < -0.39 is 29.9 Å². The summed E-state index contributed by atoms with van der Waals surface area (Å²) >= 11 is 0. The van der Waals surface area contributed by atoms with Crippen LogP contribution in [-0.4, -0.2) is 90.2 Å². The quantitative estimate of drug-likeness (QED) is 0.401. The predicted octanol–water partition coefficient (Wildman–Crippen LogP) is 5.18. The van der Waals surface area contributed by atoms with Crippen molar-refractivity contribution in [3.05, 3.63) is 0 Å². The second-order valence-electron chi connectivity index (χ2n) is 18.4. The van der Waals surface area contributed by atoms with Gasteiger partial charge in [0.05, 0.1) is 36.6 Å². The molecule has 2 aliphatic heterocycles. The van der Waals surface area contributed by atoms with Crippen molar-refractivity contribution in [2.75, 3.05) is 26.7 Å². The Hall–Kier alpha value is -0.770. The summed E-state index contributed by atoms with van der Waals surface area (Å²) in [6.45, 7) is 19.4. The van der Waals surface area contributed by atoms with Gasteiger partial charge >= 0.3 is 5.97 Å². The van der Waals surface area contributed by atoms with Gasteiger partial charge in [0.2, 0.25) is 0 Å². The number of carbonyl (C=O) groups excluding carboxylic acids is 1. The molecule has 2 spiro atoms. The van der Waals surface area contributed by atoms with E-state index in [9.17, 15) is 15.0 Å². The molecule has 14 atom stereocenters. The number of hydrogen-bond donors (Lipinski definition) is 2. The van der Waals surface area contributed by atoms with Crippen molar-refractivity contribution < 1.29 is 34.0 Å². The molecule has 0 aromatic carbocycles. The number of fused-ring (bicyclic) bond motifs is 4. The van der Waals surface area contributed by atoms with Gasteiger partial charge in [0.15, 0.2) is 12.4 Å². The summed E-state index contributed by atoms with van der Waals surface area (Å²) in [5.41, 5.74) is -0.869. The molecule has 0 amide bonds. The van der Waals surface area contributed by atoms with Crippen molar-refractivity contribution in [3.8, 4) is 0 Å². The van der Waals surface area contributed by atoms with E-state index in [1.165, 1.54) is 32.6 Å². The Kier molecular flexibility index (Phi) is 7.55. The Labute approximate surface area is 271 Å². The van der Waals surface area contributed by atoms with Crippen LogP contribution in [0.5, 0.6) is 0 Å². The molecule has 5 saturated carbocycles. The van der Waals surface area contributed by atoms with Gasteiger partial charge in [0.25, 0.3) is 0 Å². The number of ether oxygens (including phenoxy) is 4. The molecule has 45 heavy (non-hydrogen) atoms. The van der Waals surface area contributed by atoms with Crippen LogP contribution in [0.15, 0.2) is 0 Å². The van der Waals surface area contributed by atoms with Crippen LogP contribution in [0.25, 0.3) is 0 Å². The largest absolute Gasteiger partial charge is 0.457 e. The fourth-order valence-corrected chi connectivity index (χ4v) is 13.6. The number of rotatable bonds is 5. The van der Waals surface area contributed by atoms with Crippen LogP contribution in [0.2, 0.25) is 0 Å². The number of aliphatic hydroxyl groups excluding tert-OH is 1. The van der Waals surface area contributed by atoms with Gasteiger partial charge in [-0.1, -0.05) is 34.6 Å². The average Bonchev–Trinajstić information content (AvgIpc) is 3.57. The molecule has 0 radical (unpaired) electrons. The molecule has 8 nitrogen and oxygen atoms in total. The highest BCUT2D eigenvalue weighted by Crippen LogP contribution is 2.89. The molecule has 7 fully saturated rings. The normalized spacial score (nSPS) is 52.8. The van der Waals surface area contributed by atoms with Crippen LogP contribution in [0, 0.1) is 50.7 Å². The van der Waals surface area contributed by atoms with E-state index in [1.807, 2.05) is 0 Å². The van der Waals surface area contributed by atoms with Crippen LogP contribution in [0.4, 0.5) is 0 Å². The summed E-state index contributed by atoms with van der Waals surface area (Å²) < 4.78 is 25.4. The van der Waals surface area contributed by atoms with Crippen LogP contribution in [-0.2, 0) is 23.7 Å². The van der Waals surface area contributed by atoms with Gasteiger partial charge in [-0.25, -0.2) is 0 Å². The molecule has 5 aliphatic carbocycles. The summed E-state index contributed by atoms with van der Waals surface area (Å²) in [5, 5.41) is 23.5. The molecule has 2 heterocycles. The summed E-state index contributed by atoms with van der Waals surface area (Å²) in [7, 11) is 2.15. The van der Waals surface area contributed by atoms with E-state index in [-0.39, 0.29) is 52.0 Å². The van der Waals surface area contributed by atoms with Crippen molar-refractivity contribution in [2.24, 2.45) is 50.7 Å². The Morgan fingerprint density at radius 3 is 2.40 bits per heavy atom. The molecule has 7 rings (SSSR count). The zero-order chi connectivity index (χ0) is 32.5. The van der Waals surface area contributed by atoms with Gasteiger partial charge in [-0.3, -0.25) is 9.69 Å². The third-order valence-electron chi connectivity index (χ3n) is 15.6. The topological polar surface area (TPSA) is 97.7 Å². The highest BCUT2D eigenvalue weighted by atomic mass is 16.7. The van der Waals surface area contributed by atoms with Crippen molar-refractivity contribution >= 4 is 5.97 Å². The first-order valence-electron chi connectivity index (χ1n) is 18.1. The molecule has 0 aromatic heterocycles. The lowest BCUT2D eigenvalue weighted by Crippen LogP contribution is -2.60. The molecule has 256 valence electrons. The zero-order valence-electron chi connectivity index (χ0n) is 29.4. The maximum atomic E-state index is 12.5. The average molecular weight is 632 g/mol. The molecule has 7 aliphatic rings. The lowest BCUT2D eigenvalue weighted by Gasteiger charge is -2.64. The predicted molar refractivity (Wildman–Crippen MR) is 170 cm³/mol. The van der Waals surface area contributed by atoms with Gasteiger partial charge in [0, 0.05) is 25.4 Å². The van der Waals surface area contributed by atoms with Crippen LogP contribution >= 0.6 is 0 Å². The molecular weight excluding hydrogens is 570 g/mol. The third-order valence-corrected chi connectivity index (χ3v) is 15.6. The molecule has 0 aromatic rings. The van der Waals surface area contributed by atoms with Gasteiger partial charge in [-0.05, 0) is 118 Å². The van der Waals surface area contributed by atoms with Crippen molar-refractivity contribution in [2.45, 2.75) is 149 Å². The summed E-state index contributed by atoms with van der Waals surface area (Å²) in [6, 6.07) is 0. The van der Waals surface area contributed by atoms with E-state index >= 15 is 0 Å². The van der Waals surface area contributed by atoms with E-state index in [0.717, 1.165) is 39.0 Å². The molecule has 3 unspecified atom stereocenters. The van der Waals surface area contributed by atoms with Crippen molar-refractivity contribution in [3.63, 3.8) is 0 Å². The minimum atomic E-state index is -1.25. The first-order chi connectivity index (χ1) is 20.9. The lowest BCUT2D eigenvalue weighted by atomic mass is 9.41. The number of carbonyl (C=O) groups is 1. The molecule has 0 bridgehead atoms. The van der Waals surface area contributed by atoms with Gasteiger partial charge in [-0.2, -0.15) is 0 Å². The minimum absolute atomic E-state index is 0.0418. The summed E-state index contributed by atoms with van der Waals surface area (Å²) in [4.78, 5) is 14.4. The molecule has 2 saturated heterocycles. The second-order valence-corrected chi connectivity index (χ2v) is 18.4. The number of nitrogens with zero attached hydrogens (tertiary/aromatic N) is 1. The fraction of sp³-hybridized carbons (Fsp3) is 0.973. The first kappa shape index (κ1) is 32.8. The standard InChI is InChI=1S/C37H61NO7/c1-21-18-23(31(33(5,6)41)43-22(2)39)44-29-28(21)34(7)14-15-37-20-36(37)13-12-26(45-27-19-38(9)16-17-42-27)32(3,4)24(36)10-11-25(37)35(34,8)30(29)40/h21,23-31,40-41H,10-20H2,1-9H3/t21-,23-,24+,25+,26+,27?,28+,29+,30+,31?,34-,35-,36-,37?/m1/s1. The van der Waals surface area contributed by atoms with Crippen LogP contribution in [0.3, 0.4) is 0 Å². The zero-order valence-corrected chi connectivity index (χ0v) is 29.4. The fourth-order valence-electron chi connectivity index (χ4n) is 13.6. The number of aliphatic hydroxyl groups is 2. The summed E-state index contributed by atoms with van der Waals surface area (Å²) in [6.07, 6.45) is 6.89. The van der Waals surface area contributed by atoms with Crippen molar-refractivity contribution in [1.82, 2.24) is 4.90 Å². The molecular formula is C37H61NO7. The Bertz CT molecular complexity index is 1190.